The molecule has 0 aliphatic rings. The first kappa shape index (κ1) is 17.2. The predicted molar refractivity (Wildman–Crippen MR) is 103 cm³/mol. The van der Waals surface area contributed by atoms with Crippen molar-refractivity contribution in [2.75, 3.05) is 0 Å². The number of pyridine rings is 2. The molecule has 0 saturated heterocycles. The fraction of sp³-hybridized carbons (Fsp3) is 0.100. The van der Waals surface area contributed by atoms with Crippen LogP contribution in [0.1, 0.15) is 11.1 Å². The normalized spacial score (nSPS) is 11.8. The van der Waals surface area contributed by atoms with Crippen LogP contribution in [0.2, 0.25) is 0 Å². The van der Waals surface area contributed by atoms with E-state index in [4.69, 9.17) is 4.28 Å². The molecule has 4 rings (SSSR count). The standard InChI is InChI=1S/C20H16N2O4S/c1-13-6-8-16(9-7-13)27(24,25)26-22-11-10-18-17(20(22)23)12-15-5-3-4-14(2)19(15)21-18/h3-12H,1-2H3. The third-order valence-electron chi connectivity index (χ3n) is 4.36. The molecule has 0 bridgehead atoms. The monoisotopic (exact) mass is 380 g/mol. The molecule has 0 amide bonds. The summed E-state index contributed by atoms with van der Waals surface area (Å²) in [5.41, 5.74) is 2.62. The van der Waals surface area contributed by atoms with Crippen molar-refractivity contribution in [2.45, 2.75) is 18.7 Å². The Morgan fingerprint density at radius 3 is 2.48 bits per heavy atom. The van der Waals surface area contributed by atoms with Gasteiger partial charge in [0.25, 0.3) is 5.56 Å². The van der Waals surface area contributed by atoms with Gasteiger partial charge in [-0.3, -0.25) is 9.08 Å². The van der Waals surface area contributed by atoms with Gasteiger partial charge in [0.2, 0.25) is 0 Å². The summed E-state index contributed by atoms with van der Waals surface area (Å²) in [6, 6.07) is 15.2. The number of nitrogens with zero attached hydrogens (tertiary/aromatic N) is 2. The van der Waals surface area contributed by atoms with Gasteiger partial charge in [-0.1, -0.05) is 35.9 Å². The van der Waals surface area contributed by atoms with Gasteiger partial charge in [-0.15, -0.1) is 4.73 Å². The first-order valence-electron chi connectivity index (χ1n) is 8.28. The highest BCUT2D eigenvalue weighted by atomic mass is 32.2. The van der Waals surface area contributed by atoms with Crippen LogP contribution >= 0.6 is 0 Å². The van der Waals surface area contributed by atoms with Gasteiger partial charge in [0.05, 0.1) is 22.6 Å². The molecule has 0 atom stereocenters. The van der Waals surface area contributed by atoms with E-state index < -0.39 is 15.7 Å². The molecule has 0 N–H and O–H groups in total. The number of hydrogen-bond donors (Lipinski definition) is 0. The second kappa shape index (κ2) is 6.21. The van der Waals surface area contributed by atoms with Crippen molar-refractivity contribution in [3.63, 3.8) is 0 Å². The summed E-state index contributed by atoms with van der Waals surface area (Å²) in [5, 5.41) is 1.09. The Balaban J connectivity index is 1.83. The highest BCUT2D eigenvalue weighted by Gasteiger charge is 2.18. The molecular formula is C20H16N2O4S. The van der Waals surface area contributed by atoms with Crippen LogP contribution in [0.3, 0.4) is 0 Å². The van der Waals surface area contributed by atoms with Crippen LogP contribution in [0.5, 0.6) is 0 Å². The molecule has 0 fully saturated rings. The Morgan fingerprint density at radius 1 is 1.00 bits per heavy atom. The Morgan fingerprint density at radius 2 is 1.74 bits per heavy atom. The van der Waals surface area contributed by atoms with Crippen molar-refractivity contribution in [2.24, 2.45) is 0 Å². The lowest BCUT2D eigenvalue weighted by molar-refractivity contribution is 0.269. The highest BCUT2D eigenvalue weighted by molar-refractivity contribution is 7.87. The van der Waals surface area contributed by atoms with Crippen molar-refractivity contribution in [1.29, 1.82) is 0 Å². The Labute approximate surface area is 155 Å². The van der Waals surface area contributed by atoms with Crippen LogP contribution in [0.15, 0.2) is 70.5 Å². The van der Waals surface area contributed by atoms with Gasteiger partial charge in [-0.05, 0) is 43.7 Å². The summed E-state index contributed by atoms with van der Waals surface area (Å²) in [4.78, 5) is 17.3. The average Bonchev–Trinajstić information content (AvgIpc) is 2.64. The van der Waals surface area contributed by atoms with Crippen molar-refractivity contribution in [1.82, 2.24) is 9.71 Å². The number of para-hydroxylation sites is 1. The Bertz CT molecular complexity index is 1340. The maximum Gasteiger partial charge on any atom is 0.357 e. The van der Waals surface area contributed by atoms with E-state index in [1.54, 1.807) is 24.3 Å². The first-order chi connectivity index (χ1) is 12.8. The maximum atomic E-state index is 12.8. The number of aryl methyl sites for hydroxylation is 2. The fourth-order valence-electron chi connectivity index (χ4n) is 2.90. The van der Waals surface area contributed by atoms with E-state index in [1.807, 2.05) is 32.0 Å². The third-order valence-corrected chi connectivity index (χ3v) is 5.57. The van der Waals surface area contributed by atoms with E-state index >= 15 is 0 Å². The second-order valence-electron chi connectivity index (χ2n) is 6.36. The molecule has 27 heavy (non-hydrogen) atoms. The first-order valence-corrected chi connectivity index (χ1v) is 9.69. The molecule has 2 aromatic carbocycles. The van der Waals surface area contributed by atoms with Gasteiger partial charge in [-0.2, -0.15) is 8.42 Å². The minimum absolute atomic E-state index is 0.0210. The van der Waals surface area contributed by atoms with Gasteiger partial charge in [0.15, 0.2) is 0 Å². The van der Waals surface area contributed by atoms with E-state index in [2.05, 4.69) is 4.98 Å². The fourth-order valence-corrected chi connectivity index (χ4v) is 3.78. The molecule has 0 unspecified atom stereocenters. The highest BCUT2D eigenvalue weighted by Crippen LogP contribution is 2.20. The smallest absolute Gasteiger partial charge is 0.281 e. The molecule has 2 heterocycles. The zero-order valence-corrected chi connectivity index (χ0v) is 15.5. The summed E-state index contributed by atoms with van der Waals surface area (Å²) in [6.07, 6.45) is 1.27. The SMILES string of the molecule is Cc1ccc(S(=O)(=O)On2ccc3nc4c(C)cccc4cc3c2=O)cc1. The van der Waals surface area contributed by atoms with Crippen molar-refractivity contribution < 1.29 is 12.7 Å². The predicted octanol–water partition coefficient (Wildman–Crippen LogP) is 2.98. The van der Waals surface area contributed by atoms with Gasteiger partial charge in [-0.25, -0.2) is 4.98 Å². The molecule has 6 nitrogen and oxygen atoms in total. The minimum Gasteiger partial charge on any atom is -0.281 e. The van der Waals surface area contributed by atoms with Gasteiger partial charge >= 0.3 is 10.1 Å². The largest absolute Gasteiger partial charge is 0.357 e. The van der Waals surface area contributed by atoms with Crippen molar-refractivity contribution in [3.8, 4) is 0 Å². The third kappa shape index (κ3) is 3.06. The number of rotatable bonds is 3. The average molecular weight is 380 g/mol. The van der Waals surface area contributed by atoms with E-state index in [0.29, 0.717) is 5.52 Å². The molecule has 136 valence electrons. The molecule has 0 radical (unpaired) electrons. The molecule has 0 aliphatic carbocycles. The van der Waals surface area contributed by atoms with Crippen molar-refractivity contribution >= 4 is 31.9 Å². The molecule has 2 aromatic heterocycles. The zero-order chi connectivity index (χ0) is 19.2. The van der Waals surface area contributed by atoms with E-state index in [0.717, 1.165) is 26.8 Å². The maximum absolute atomic E-state index is 12.8. The molecular weight excluding hydrogens is 364 g/mol. The Hall–Kier alpha value is -3.19. The summed E-state index contributed by atoms with van der Waals surface area (Å²) in [6.45, 7) is 3.80. The van der Waals surface area contributed by atoms with E-state index in [1.165, 1.54) is 18.3 Å². The van der Waals surface area contributed by atoms with Crippen LogP contribution in [-0.4, -0.2) is 18.1 Å². The molecule has 7 heteroatoms. The van der Waals surface area contributed by atoms with Crippen LogP contribution < -0.4 is 9.84 Å². The van der Waals surface area contributed by atoms with E-state index in [-0.39, 0.29) is 10.3 Å². The summed E-state index contributed by atoms with van der Waals surface area (Å²) in [7, 11) is -4.13. The molecule has 4 aromatic rings. The zero-order valence-electron chi connectivity index (χ0n) is 14.7. The number of fused-ring (bicyclic) bond motifs is 2. The van der Waals surface area contributed by atoms with Crippen molar-refractivity contribution in [3.05, 3.63) is 82.3 Å². The summed E-state index contributed by atoms with van der Waals surface area (Å²) in [5.74, 6) is 0. The quantitative estimate of drug-likeness (QED) is 0.511. The second-order valence-corrected chi connectivity index (χ2v) is 7.88. The van der Waals surface area contributed by atoms with Crippen LogP contribution in [0.25, 0.3) is 21.8 Å². The van der Waals surface area contributed by atoms with E-state index in [9.17, 15) is 13.2 Å². The Kier molecular flexibility index (Phi) is 3.96. The molecule has 0 saturated carbocycles. The van der Waals surface area contributed by atoms with Crippen LogP contribution in [0, 0.1) is 13.8 Å². The topological polar surface area (TPSA) is 78.3 Å². The van der Waals surface area contributed by atoms with Crippen LogP contribution in [0.4, 0.5) is 0 Å². The molecule has 0 aliphatic heterocycles. The number of benzene rings is 2. The van der Waals surface area contributed by atoms with Gasteiger partial charge in [0, 0.05) is 5.39 Å². The lowest BCUT2D eigenvalue weighted by atomic mass is 10.1. The van der Waals surface area contributed by atoms with Crippen LogP contribution in [-0.2, 0) is 10.1 Å². The summed E-state index contributed by atoms with van der Waals surface area (Å²) < 4.78 is 30.7. The number of hydrogen-bond acceptors (Lipinski definition) is 5. The minimum atomic E-state index is -4.13. The lowest BCUT2D eigenvalue weighted by Crippen LogP contribution is -2.30. The lowest BCUT2D eigenvalue weighted by Gasteiger charge is -2.10. The summed E-state index contributed by atoms with van der Waals surface area (Å²) >= 11 is 0. The number of aromatic nitrogens is 2. The van der Waals surface area contributed by atoms with Gasteiger partial charge < -0.3 is 0 Å². The molecule has 0 spiro atoms. The van der Waals surface area contributed by atoms with Gasteiger partial charge in [0.1, 0.15) is 4.90 Å².